The van der Waals surface area contributed by atoms with Crippen LogP contribution in [0.4, 0.5) is 0 Å². The highest BCUT2D eigenvalue weighted by Crippen LogP contribution is 2.02. The van der Waals surface area contributed by atoms with Gasteiger partial charge < -0.3 is 15.3 Å². The maximum absolute atomic E-state index is 10.9. The fourth-order valence-corrected chi connectivity index (χ4v) is 1.79. The molecule has 0 aromatic carbocycles. The van der Waals surface area contributed by atoms with Gasteiger partial charge in [0.05, 0.1) is 12.2 Å². The lowest BCUT2D eigenvalue weighted by molar-refractivity contribution is -0.137. The molecule has 0 amide bonds. The van der Waals surface area contributed by atoms with Crippen LogP contribution in [-0.4, -0.2) is 36.4 Å². The predicted molar refractivity (Wildman–Crippen MR) is 98.7 cm³/mol. The monoisotopic (exact) mass is 337 g/mol. The number of rotatable bonds is 15. The van der Waals surface area contributed by atoms with Gasteiger partial charge in [-0.2, -0.15) is 0 Å². The van der Waals surface area contributed by atoms with Crippen molar-refractivity contribution in [3.05, 3.63) is 60.8 Å². The lowest BCUT2D eigenvalue weighted by Crippen LogP contribution is -2.03. The van der Waals surface area contributed by atoms with Crippen molar-refractivity contribution in [2.75, 3.05) is 0 Å². The molecule has 0 aliphatic heterocycles. The molecular weight excluding hydrogens is 304 g/mol. The third-order valence-electron chi connectivity index (χ3n) is 3.06. The number of hydrogen-bond acceptors (Lipinski definition) is 4. The molecule has 2 atom stereocenters. The van der Waals surface area contributed by atoms with Crippen molar-refractivity contribution >= 4 is 5.97 Å². The Bertz CT molecular complexity index is 513. The SMILES string of the molecule is [2H]OC(=O)CCC[C@@H](\C=C/C=C/C=C/[C@@H](C/C=C\C/C=C\CC)O[2H])O[2H]. The number of carbonyl (C=O) groups is 1. The number of aliphatic hydroxyl groups excluding tert-OH is 2. The van der Waals surface area contributed by atoms with Gasteiger partial charge >= 0.3 is 5.97 Å². The molecule has 0 bridgehead atoms. The lowest BCUT2D eigenvalue weighted by atomic mass is 10.1. The summed E-state index contributed by atoms with van der Waals surface area (Å²) in [5.41, 5.74) is 0. The second kappa shape index (κ2) is 16.0. The molecule has 0 saturated carbocycles. The first-order chi connectivity index (χ1) is 13.2. The van der Waals surface area contributed by atoms with E-state index in [1.165, 1.54) is 0 Å². The smallest absolute Gasteiger partial charge is 0.303 e. The second-order valence-corrected chi connectivity index (χ2v) is 5.32. The first kappa shape index (κ1) is 16.9. The summed E-state index contributed by atoms with van der Waals surface area (Å²) >= 11 is 0. The summed E-state index contributed by atoms with van der Waals surface area (Å²) in [5.74, 6) is -0.592. The topological polar surface area (TPSA) is 77.8 Å². The molecule has 0 heterocycles. The van der Waals surface area contributed by atoms with Gasteiger partial charge in [-0.05, 0) is 32.1 Å². The molecule has 0 aliphatic rings. The minimum atomic E-state index is -0.592. The molecule has 0 radical (unpaired) electrons. The van der Waals surface area contributed by atoms with E-state index < -0.39 is 12.1 Å². The lowest BCUT2D eigenvalue weighted by Gasteiger charge is -2.02. The molecule has 4 nitrogen and oxygen atoms in total. The van der Waals surface area contributed by atoms with Crippen molar-refractivity contribution in [3.63, 3.8) is 0 Å². The van der Waals surface area contributed by atoms with Crippen LogP contribution in [0.3, 0.4) is 0 Å². The van der Waals surface area contributed by atoms with Gasteiger partial charge in [0, 0.05) is 6.42 Å². The zero-order valence-electron chi connectivity index (χ0n) is 17.3. The average Bonchev–Trinajstić information content (AvgIpc) is 2.69. The van der Waals surface area contributed by atoms with Crippen LogP contribution in [0.15, 0.2) is 60.8 Å². The zero-order chi connectivity index (χ0) is 20.2. The molecule has 0 aromatic heterocycles. The van der Waals surface area contributed by atoms with Crippen LogP contribution in [0.5, 0.6) is 0 Å². The minimum Gasteiger partial charge on any atom is -0.481 e. The van der Waals surface area contributed by atoms with Crippen LogP contribution in [-0.2, 0) is 4.79 Å². The Morgan fingerprint density at radius 2 is 1.71 bits per heavy atom. The van der Waals surface area contributed by atoms with Crippen molar-refractivity contribution in [1.29, 1.82) is 4.29 Å². The number of aliphatic carboxylic acids is 1. The standard InChI is InChI=1S/C20H30O4/c1-2-3-4-5-6-9-13-18(21)14-10-7-8-11-15-19(22)16-12-17-20(23)24/h3-4,6-11,14-15,18-19,21-22H,2,5,12-13,16-17H2,1H3,(H,23,24)/b4-3-,8-7+,9-6-,14-10+,15-11-/t18-,19-/m1/s1/i21D,22D/hD. The third-order valence-corrected chi connectivity index (χ3v) is 3.06. The van der Waals surface area contributed by atoms with Crippen LogP contribution in [0, 0.1) is 0 Å². The molecule has 0 saturated heterocycles. The van der Waals surface area contributed by atoms with E-state index in [9.17, 15) is 4.79 Å². The van der Waals surface area contributed by atoms with Crippen LogP contribution in [0.2, 0.25) is 0 Å². The van der Waals surface area contributed by atoms with Gasteiger partial charge in [0.2, 0.25) is 2.86 Å². The Labute approximate surface area is 149 Å². The summed E-state index contributed by atoms with van der Waals surface area (Å²) in [7, 11) is 0. The van der Waals surface area contributed by atoms with Gasteiger partial charge in [-0.3, -0.25) is 4.79 Å². The van der Waals surface area contributed by atoms with Gasteiger partial charge in [0.1, 0.15) is 0 Å². The van der Waals surface area contributed by atoms with E-state index in [2.05, 4.69) is 40.5 Å². The Kier molecular flexibility index (Phi) is 11.3. The Balaban J connectivity index is 4.17. The van der Waals surface area contributed by atoms with Gasteiger partial charge in [-0.15, -0.1) is 0 Å². The summed E-state index contributed by atoms with van der Waals surface area (Å²) in [4.78, 5) is 10.9. The van der Waals surface area contributed by atoms with Gasteiger partial charge in [-0.1, -0.05) is 67.7 Å². The largest absolute Gasteiger partial charge is 0.481 e. The number of carboxylic acids is 1. The first-order valence-corrected chi connectivity index (χ1v) is 8.39. The summed E-state index contributed by atoms with van der Waals surface area (Å²) < 4.78 is 20.6. The number of carboxylic acid groups (broad SMARTS) is 1. The van der Waals surface area contributed by atoms with E-state index in [4.69, 9.17) is 4.29 Å². The van der Waals surface area contributed by atoms with E-state index in [0.717, 1.165) is 12.8 Å². The highest BCUT2D eigenvalue weighted by Gasteiger charge is 2.01. The van der Waals surface area contributed by atoms with E-state index >= 15 is 0 Å². The molecule has 0 fully saturated rings. The Morgan fingerprint density at radius 1 is 1.00 bits per heavy atom. The van der Waals surface area contributed by atoms with E-state index in [0.29, 0.717) is 19.3 Å². The van der Waals surface area contributed by atoms with Crippen LogP contribution >= 0.6 is 0 Å². The quantitative estimate of drug-likeness (QED) is 0.312. The van der Waals surface area contributed by atoms with Crippen LogP contribution < -0.4 is 0 Å². The molecular formula is C20H30O4. The van der Waals surface area contributed by atoms with E-state index in [-0.39, 0.29) is 12.5 Å². The van der Waals surface area contributed by atoms with E-state index in [1.807, 2.05) is 6.08 Å². The molecule has 0 aromatic rings. The van der Waals surface area contributed by atoms with Gasteiger partial charge in [-0.25, -0.2) is 0 Å². The van der Waals surface area contributed by atoms with Crippen molar-refractivity contribution in [2.24, 2.45) is 0 Å². The van der Waals surface area contributed by atoms with Crippen molar-refractivity contribution in [1.82, 2.24) is 0 Å². The average molecular weight is 337 g/mol. The number of hydrogen-bond donors (Lipinski definition) is 3. The fourth-order valence-electron chi connectivity index (χ4n) is 1.79. The Morgan fingerprint density at radius 3 is 2.38 bits per heavy atom. The minimum absolute atomic E-state index is 0.133. The number of allylic oxidation sites excluding steroid dienone is 7. The maximum atomic E-state index is 10.9. The van der Waals surface area contributed by atoms with Crippen LogP contribution in [0.1, 0.15) is 45.4 Å². The molecule has 0 unspecified atom stereocenters. The zero-order valence-corrected chi connectivity index (χ0v) is 14.3. The molecule has 24 heavy (non-hydrogen) atoms. The highest BCUT2D eigenvalue weighted by molar-refractivity contribution is 5.66. The molecule has 3 N–H and O–H groups in total. The summed E-state index contributed by atoms with van der Waals surface area (Å²) in [6.45, 7) is 2.09. The van der Waals surface area contributed by atoms with Gasteiger partial charge in [0.15, 0.2) is 0 Å². The van der Waals surface area contributed by atoms with Gasteiger partial charge in [0.25, 0.3) is 1.43 Å². The third kappa shape index (κ3) is 16.5. The van der Waals surface area contributed by atoms with E-state index in [1.54, 1.807) is 36.5 Å². The van der Waals surface area contributed by atoms with Crippen LogP contribution in [0.25, 0.3) is 1.43 Å². The maximum Gasteiger partial charge on any atom is 0.303 e. The molecule has 134 valence electrons. The summed E-state index contributed by atoms with van der Waals surface area (Å²) in [6.07, 6.45) is 21.9. The fraction of sp³-hybridized carbons (Fsp3) is 0.450. The normalized spacial score (nSPS) is 17.0. The second-order valence-electron chi connectivity index (χ2n) is 5.32. The molecule has 0 rings (SSSR count). The highest BCUT2D eigenvalue weighted by atomic mass is 16.4. The predicted octanol–water partition coefficient (Wildman–Crippen LogP) is 3.93. The van der Waals surface area contributed by atoms with Crippen molar-refractivity contribution < 1.29 is 20.1 Å². The first-order valence-electron chi connectivity index (χ1n) is 9.61. The molecule has 0 aliphatic carbocycles. The Hall–Kier alpha value is -1.91. The summed E-state index contributed by atoms with van der Waals surface area (Å²) in [5, 5.41) is 13.0. The molecule has 4 heteroatoms. The molecule has 0 spiro atoms. The number of aliphatic hydroxyl groups is 2. The summed E-state index contributed by atoms with van der Waals surface area (Å²) in [6, 6.07) is 0. The van der Waals surface area contributed by atoms with Crippen molar-refractivity contribution in [3.8, 4) is 0 Å². The van der Waals surface area contributed by atoms with Crippen molar-refractivity contribution in [2.45, 2.75) is 57.7 Å².